The molecule has 1 fully saturated rings. The van der Waals surface area contributed by atoms with Crippen molar-refractivity contribution < 1.29 is 9.47 Å². The second-order valence-electron chi connectivity index (χ2n) is 4.80. The minimum atomic E-state index is 0.636. The van der Waals surface area contributed by atoms with Gasteiger partial charge >= 0.3 is 0 Å². The van der Waals surface area contributed by atoms with Gasteiger partial charge in [0.15, 0.2) is 0 Å². The molecule has 1 N–H and O–H groups in total. The van der Waals surface area contributed by atoms with Crippen LogP contribution >= 0.6 is 0 Å². The van der Waals surface area contributed by atoms with Gasteiger partial charge < -0.3 is 14.8 Å². The fraction of sp³-hybridized carbons (Fsp3) is 0.600. The molecule has 0 amide bonds. The Balaban J connectivity index is 1.68. The van der Waals surface area contributed by atoms with Gasteiger partial charge in [-0.05, 0) is 31.9 Å². The third kappa shape index (κ3) is 4.00. The zero-order chi connectivity index (χ0) is 12.6. The van der Waals surface area contributed by atoms with Crippen molar-refractivity contribution in [3.8, 4) is 5.75 Å². The number of benzene rings is 1. The predicted octanol–water partition coefficient (Wildman–Crippen LogP) is 2.74. The normalized spacial score (nSPS) is 19.7. The Labute approximate surface area is 109 Å². The van der Waals surface area contributed by atoms with Crippen LogP contribution in [-0.4, -0.2) is 26.3 Å². The number of ether oxygens (including phenoxy) is 2. The molecule has 2 rings (SSSR count). The van der Waals surface area contributed by atoms with Crippen LogP contribution in [0.1, 0.15) is 31.2 Å². The van der Waals surface area contributed by atoms with E-state index in [2.05, 4.69) is 11.4 Å². The predicted molar refractivity (Wildman–Crippen MR) is 72.9 cm³/mol. The third-order valence-corrected chi connectivity index (χ3v) is 3.47. The molecule has 1 unspecified atom stereocenters. The quantitative estimate of drug-likeness (QED) is 0.786. The van der Waals surface area contributed by atoms with Crippen molar-refractivity contribution in [3.05, 3.63) is 29.8 Å². The molecule has 1 aliphatic heterocycles. The minimum Gasteiger partial charge on any atom is -0.496 e. The van der Waals surface area contributed by atoms with Crippen LogP contribution in [0.15, 0.2) is 24.3 Å². The van der Waals surface area contributed by atoms with Crippen molar-refractivity contribution in [2.24, 2.45) is 0 Å². The van der Waals surface area contributed by atoms with Crippen LogP contribution in [0.25, 0.3) is 0 Å². The molecule has 1 aromatic rings. The van der Waals surface area contributed by atoms with Crippen molar-refractivity contribution in [1.29, 1.82) is 0 Å². The molecule has 18 heavy (non-hydrogen) atoms. The first-order valence-electron chi connectivity index (χ1n) is 6.83. The number of hydrogen-bond acceptors (Lipinski definition) is 3. The maximum Gasteiger partial charge on any atom is 0.124 e. The molecule has 1 aromatic carbocycles. The molecule has 0 radical (unpaired) electrons. The van der Waals surface area contributed by atoms with E-state index in [1.165, 1.54) is 19.3 Å². The van der Waals surface area contributed by atoms with E-state index in [-0.39, 0.29) is 0 Å². The molecule has 3 heteroatoms. The summed E-state index contributed by atoms with van der Waals surface area (Å²) in [6.45, 7) is 2.61. The lowest BCUT2D eigenvalue weighted by Gasteiger charge is -2.23. The monoisotopic (exact) mass is 249 g/mol. The standard InChI is InChI=1S/C15H23NO2/c1-17-15-8-3-2-6-13(15)12-18-11-9-14-7-4-5-10-16-14/h2-3,6,8,14,16H,4-5,7,9-12H2,1H3. The summed E-state index contributed by atoms with van der Waals surface area (Å²) in [5.74, 6) is 0.910. The first-order valence-corrected chi connectivity index (χ1v) is 6.83. The number of piperidine rings is 1. The Kier molecular flexibility index (Phi) is 5.49. The summed E-state index contributed by atoms with van der Waals surface area (Å²) in [6.07, 6.45) is 5.07. The van der Waals surface area contributed by atoms with Gasteiger partial charge in [0.25, 0.3) is 0 Å². The lowest BCUT2D eigenvalue weighted by Crippen LogP contribution is -2.34. The SMILES string of the molecule is COc1ccccc1COCCC1CCCCN1. The fourth-order valence-electron chi connectivity index (χ4n) is 2.40. The van der Waals surface area contributed by atoms with Gasteiger partial charge in [0, 0.05) is 18.2 Å². The molecule has 100 valence electrons. The van der Waals surface area contributed by atoms with E-state index in [0.29, 0.717) is 12.6 Å². The Morgan fingerprint density at radius 1 is 1.28 bits per heavy atom. The second-order valence-corrected chi connectivity index (χ2v) is 4.80. The summed E-state index contributed by atoms with van der Waals surface area (Å²) in [6, 6.07) is 8.67. The molecular weight excluding hydrogens is 226 g/mol. The van der Waals surface area contributed by atoms with E-state index < -0.39 is 0 Å². The summed E-state index contributed by atoms with van der Waals surface area (Å²) in [5, 5.41) is 3.54. The van der Waals surface area contributed by atoms with E-state index in [4.69, 9.17) is 9.47 Å². The number of para-hydroxylation sites is 1. The highest BCUT2D eigenvalue weighted by Crippen LogP contribution is 2.18. The van der Waals surface area contributed by atoms with Crippen molar-refractivity contribution in [1.82, 2.24) is 5.32 Å². The topological polar surface area (TPSA) is 30.5 Å². The maximum absolute atomic E-state index is 5.74. The molecule has 1 heterocycles. The van der Waals surface area contributed by atoms with Gasteiger partial charge in [-0.15, -0.1) is 0 Å². The number of hydrogen-bond donors (Lipinski definition) is 1. The highest BCUT2D eigenvalue weighted by Gasteiger charge is 2.11. The van der Waals surface area contributed by atoms with Crippen LogP contribution in [0.4, 0.5) is 0 Å². The van der Waals surface area contributed by atoms with Crippen LogP contribution in [0.3, 0.4) is 0 Å². The van der Waals surface area contributed by atoms with Gasteiger partial charge in [0.1, 0.15) is 5.75 Å². The molecule has 0 aliphatic carbocycles. The van der Waals surface area contributed by atoms with E-state index in [9.17, 15) is 0 Å². The van der Waals surface area contributed by atoms with Gasteiger partial charge in [-0.25, -0.2) is 0 Å². The highest BCUT2D eigenvalue weighted by molar-refractivity contribution is 5.32. The maximum atomic E-state index is 5.74. The van der Waals surface area contributed by atoms with Crippen LogP contribution in [0.5, 0.6) is 5.75 Å². The molecule has 1 saturated heterocycles. The van der Waals surface area contributed by atoms with E-state index in [0.717, 1.165) is 30.9 Å². The minimum absolute atomic E-state index is 0.636. The smallest absolute Gasteiger partial charge is 0.124 e. The first-order chi connectivity index (χ1) is 8.90. The zero-order valence-corrected chi connectivity index (χ0v) is 11.2. The summed E-state index contributed by atoms with van der Waals surface area (Å²) in [7, 11) is 1.70. The lowest BCUT2D eigenvalue weighted by atomic mass is 10.0. The van der Waals surface area contributed by atoms with E-state index in [1.807, 2.05) is 18.2 Å². The van der Waals surface area contributed by atoms with Crippen molar-refractivity contribution in [2.45, 2.75) is 38.3 Å². The summed E-state index contributed by atoms with van der Waals surface area (Å²) < 4.78 is 11.0. The number of rotatable bonds is 6. The summed E-state index contributed by atoms with van der Waals surface area (Å²) >= 11 is 0. The molecular formula is C15H23NO2. The average Bonchev–Trinajstić information content (AvgIpc) is 2.45. The van der Waals surface area contributed by atoms with E-state index >= 15 is 0 Å². The van der Waals surface area contributed by atoms with Gasteiger partial charge in [-0.2, -0.15) is 0 Å². The Morgan fingerprint density at radius 2 is 2.17 bits per heavy atom. The van der Waals surface area contributed by atoms with Crippen LogP contribution in [-0.2, 0) is 11.3 Å². The first kappa shape index (κ1) is 13.4. The van der Waals surface area contributed by atoms with Crippen molar-refractivity contribution >= 4 is 0 Å². The molecule has 0 bridgehead atoms. The van der Waals surface area contributed by atoms with Crippen LogP contribution in [0, 0.1) is 0 Å². The highest BCUT2D eigenvalue weighted by atomic mass is 16.5. The number of nitrogens with one attached hydrogen (secondary N) is 1. The third-order valence-electron chi connectivity index (χ3n) is 3.47. The zero-order valence-electron chi connectivity index (χ0n) is 11.2. The van der Waals surface area contributed by atoms with Gasteiger partial charge in [0.2, 0.25) is 0 Å². The molecule has 0 aromatic heterocycles. The lowest BCUT2D eigenvalue weighted by molar-refractivity contribution is 0.107. The van der Waals surface area contributed by atoms with Gasteiger partial charge in [0.05, 0.1) is 13.7 Å². The van der Waals surface area contributed by atoms with Gasteiger partial charge in [-0.1, -0.05) is 24.6 Å². The van der Waals surface area contributed by atoms with Gasteiger partial charge in [-0.3, -0.25) is 0 Å². The molecule has 0 spiro atoms. The molecule has 1 aliphatic rings. The molecule has 1 atom stereocenters. The van der Waals surface area contributed by atoms with Crippen molar-refractivity contribution in [2.75, 3.05) is 20.3 Å². The summed E-state index contributed by atoms with van der Waals surface area (Å²) in [5.41, 5.74) is 1.12. The molecule has 3 nitrogen and oxygen atoms in total. The Hall–Kier alpha value is -1.06. The van der Waals surface area contributed by atoms with E-state index in [1.54, 1.807) is 7.11 Å². The van der Waals surface area contributed by atoms with Crippen molar-refractivity contribution in [3.63, 3.8) is 0 Å². The second kappa shape index (κ2) is 7.39. The Morgan fingerprint density at radius 3 is 2.94 bits per heavy atom. The molecule has 0 saturated carbocycles. The average molecular weight is 249 g/mol. The number of methoxy groups -OCH3 is 1. The fourth-order valence-corrected chi connectivity index (χ4v) is 2.40. The van der Waals surface area contributed by atoms with Crippen LogP contribution < -0.4 is 10.1 Å². The Bertz CT molecular complexity index is 348. The van der Waals surface area contributed by atoms with Crippen LogP contribution in [0.2, 0.25) is 0 Å². The largest absolute Gasteiger partial charge is 0.496 e. The summed E-state index contributed by atoms with van der Waals surface area (Å²) in [4.78, 5) is 0.